The maximum absolute atomic E-state index is 13.7. The number of aromatic nitrogens is 2. The Labute approximate surface area is 124 Å². The lowest BCUT2D eigenvalue weighted by molar-refractivity contribution is -0.137. The van der Waals surface area contributed by atoms with E-state index in [9.17, 15) is 9.18 Å². The van der Waals surface area contributed by atoms with Gasteiger partial charge in [-0.2, -0.15) is 4.98 Å². The van der Waals surface area contributed by atoms with E-state index in [0.717, 1.165) is 0 Å². The van der Waals surface area contributed by atoms with E-state index in [1.807, 2.05) is 0 Å². The molecular weight excluding hydrogens is 312 g/mol. The number of rotatable bonds is 4. The van der Waals surface area contributed by atoms with Gasteiger partial charge in [0.25, 0.3) is 0 Å². The van der Waals surface area contributed by atoms with Gasteiger partial charge in [-0.05, 0) is 12.1 Å². The molecule has 1 aromatic carbocycles. The van der Waals surface area contributed by atoms with Crippen LogP contribution in [-0.2, 0) is 4.79 Å². The highest BCUT2D eigenvalue weighted by molar-refractivity contribution is 6.31. The van der Waals surface area contributed by atoms with E-state index in [2.05, 4.69) is 10.1 Å². The lowest BCUT2D eigenvalue weighted by Crippen LogP contribution is -2.15. The molecule has 0 saturated carbocycles. The van der Waals surface area contributed by atoms with E-state index in [1.54, 1.807) is 0 Å². The highest BCUT2D eigenvalue weighted by atomic mass is 35.5. The number of hydrogen-bond acceptors (Lipinski definition) is 5. The van der Waals surface area contributed by atoms with Gasteiger partial charge in [-0.15, -0.1) is 12.4 Å². The van der Waals surface area contributed by atoms with Gasteiger partial charge in [0.2, 0.25) is 11.7 Å². The van der Waals surface area contributed by atoms with Crippen LogP contribution < -0.4 is 5.73 Å². The van der Waals surface area contributed by atoms with Gasteiger partial charge in [0.15, 0.2) is 5.82 Å². The molecule has 0 radical (unpaired) electrons. The Bertz CT molecular complexity index is 621. The molecule has 0 aliphatic heterocycles. The Kier molecular flexibility index (Phi) is 5.43. The van der Waals surface area contributed by atoms with E-state index < -0.39 is 17.8 Å². The van der Waals surface area contributed by atoms with E-state index in [0.29, 0.717) is 0 Å². The molecule has 0 bridgehead atoms. The lowest BCUT2D eigenvalue weighted by Gasteiger charge is -2.01. The zero-order valence-electron chi connectivity index (χ0n) is 9.92. The third kappa shape index (κ3) is 3.44. The molecule has 0 aliphatic rings. The average molecular weight is 322 g/mol. The van der Waals surface area contributed by atoms with Crippen LogP contribution in [0, 0.1) is 5.82 Å². The zero-order valence-corrected chi connectivity index (χ0v) is 11.5. The highest BCUT2D eigenvalue weighted by Gasteiger charge is 2.20. The molecule has 0 spiro atoms. The summed E-state index contributed by atoms with van der Waals surface area (Å²) in [5.41, 5.74) is 5.62. The van der Waals surface area contributed by atoms with Crippen LogP contribution in [0.15, 0.2) is 22.7 Å². The maximum atomic E-state index is 13.7. The van der Waals surface area contributed by atoms with Crippen molar-refractivity contribution in [2.75, 3.05) is 0 Å². The first-order chi connectivity index (χ1) is 8.99. The summed E-state index contributed by atoms with van der Waals surface area (Å²) < 4.78 is 18.5. The molecule has 3 N–H and O–H groups in total. The van der Waals surface area contributed by atoms with Crippen molar-refractivity contribution >= 4 is 30.0 Å². The van der Waals surface area contributed by atoms with Crippen molar-refractivity contribution in [1.29, 1.82) is 0 Å². The van der Waals surface area contributed by atoms with Gasteiger partial charge < -0.3 is 15.4 Å². The molecule has 2 rings (SSSR count). The second-order valence-corrected chi connectivity index (χ2v) is 4.17. The van der Waals surface area contributed by atoms with Crippen LogP contribution in [0.1, 0.15) is 18.4 Å². The molecule has 9 heteroatoms. The number of carboxylic acids is 1. The monoisotopic (exact) mass is 321 g/mol. The number of aliphatic carboxylic acids is 1. The van der Waals surface area contributed by atoms with Gasteiger partial charge in [0, 0.05) is 0 Å². The predicted molar refractivity (Wildman–Crippen MR) is 71.1 cm³/mol. The first-order valence-corrected chi connectivity index (χ1v) is 5.62. The van der Waals surface area contributed by atoms with E-state index in [-0.39, 0.29) is 41.1 Å². The molecule has 108 valence electrons. The summed E-state index contributed by atoms with van der Waals surface area (Å²) in [6.07, 6.45) is -0.361. The average Bonchev–Trinajstić information content (AvgIpc) is 2.81. The van der Waals surface area contributed by atoms with E-state index >= 15 is 0 Å². The summed E-state index contributed by atoms with van der Waals surface area (Å²) in [7, 11) is 0. The number of carbonyl (C=O) groups is 1. The van der Waals surface area contributed by atoms with Gasteiger partial charge in [0.1, 0.15) is 0 Å². The molecule has 2 aromatic rings. The summed E-state index contributed by atoms with van der Waals surface area (Å²) in [6.45, 7) is 0. The van der Waals surface area contributed by atoms with E-state index in [4.69, 9.17) is 27.0 Å². The number of nitrogens with zero attached hydrogens (tertiary/aromatic N) is 2. The largest absolute Gasteiger partial charge is 0.481 e. The number of halogens is 3. The Hall–Kier alpha value is -1.70. The quantitative estimate of drug-likeness (QED) is 0.896. The molecular formula is C11H10Cl2FN3O3. The molecule has 20 heavy (non-hydrogen) atoms. The second kappa shape index (κ2) is 6.65. The fraction of sp³-hybridized carbons (Fsp3) is 0.182. The Balaban J connectivity index is 0.00000200. The second-order valence-electron chi connectivity index (χ2n) is 3.76. The Morgan fingerprint density at radius 3 is 2.90 bits per heavy atom. The molecule has 1 aromatic heterocycles. The topological polar surface area (TPSA) is 102 Å². The fourth-order valence-electron chi connectivity index (χ4n) is 1.45. The van der Waals surface area contributed by atoms with Crippen LogP contribution in [0.4, 0.5) is 4.39 Å². The van der Waals surface area contributed by atoms with Crippen LogP contribution >= 0.6 is 24.0 Å². The summed E-state index contributed by atoms with van der Waals surface area (Å²) in [6, 6.07) is 3.41. The standard InChI is InChI=1S/C11H9ClFN3O3.ClH/c12-6-3-1-2-5(9(6)13)10-15-11(19-16-10)7(14)4-8(17)18;/h1-3,7H,4,14H2,(H,17,18);1H/t7-;/m0./s1. The van der Waals surface area contributed by atoms with Crippen molar-refractivity contribution in [2.24, 2.45) is 5.73 Å². The lowest BCUT2D eigenvalue weighted by atomic mass is 10.2. The Morgan fingerprint density at radius 2 is 2.25 bits per heavy atom. The van der Waals surface area contributed by atoms with E-state index in [1.165, 1.54) is 18.2 Å². The molecule has 0 saturated heterocycles. The zero-order chi connectivity index (χ0) is 14.0. The van der Waals surface area contributed by atoms with Crippen molar-refractivity contribution < 1.29 is 18.8 Å². The van der Waals surface area contributed by atoms with Crippen molar-refractivity contribution in [3.05, 3.63) is 34.9 Å². The molecule has 6 nitrogen and oxygen atoms in total. The third-order valence-electron chi connectivity index (χ3n) is 2.35. The van der Waals surface area contributed by atoms with Gasteiger partial charge >= 0.3 is 5.97 Å². The third-order valence-corrected chi connectivity index (χ3v) is 2.64. The fourth-order valence-corrected chi connectivity index (χ4v) is 1.62. The smallest absolute Gasteiger partial charge is 0.305 e. The molecule has 0 unspecified atom stereocenters. The number of benzene rings is 1. The minimum atomic E-state index is -1.10. The van der Waals surface area contributed by atoms with Gasteiger partial charge in [-0.1, -0.05) is 22.8 Å². The van der Waals surface area contributed by atoms with Crippen LogP contribution in [0.5, 0.6) is 0 Å². The summed E-state index contributed by atoms with van der Waals surface area (Å²) >= 11 is 5.64. The van der Waals surface area contributed by atoms with Crippen LogP contribution in [0.25, 0.3) is 11.4 Å². The SMILES string of the molecule is Cl.N[C@@H](CC(=O)O)c1nc(-c2cccc(Cl)c2F)no1. The normalized spacial score (nSPS) is 11.8. The first kappa shape index (κ1) is 16.4. The minimum Gasteiger partial charge on any atom is -0.481 e. The Morgan fingerprint density at radius 1 is 1.55 bits per heavy atom. The van der Waals surface area contributed by atoms with Crippen molar-refractivity contribution in [3.63, 3.8) is 0 Å². The predicted octanol–water partition coefficient (Wildman–Crippen LogP) is 2.43. The first-order valence-electron chi connectivity index (χ1n) is 5.24. The van der Waals surface area contributed by atoms with Crippen LogP contribution in [0.2, 0.25) is 5.02 Å². The van der Waals surface area contributed by atoms with Crippen molar-refractivity contribution in [1.82, 2.24) is 10.1 Å². The molecule has 0 fully saturated rings. The van der Waals surface area contributed by atoms with Gasteiger partial charge in [-0.3, -0.25) is 4.79 Å². The summed E-state index contributed by atoms with van der Waals surface area (Å²) in [5, 5.41) is 12.1. The molecule has 1 atom stereocenters. The van der Waals surface area contributed by atoms with Gasteiger partial charge in [0.05, 0.1) is 23.0 Å². The summed E-state index contributed by atoms with van der Waals surface area (Å²) in [5.74, 6) is -1.88. The van der Waals surface area contributed by atoms with Crippen LogP contribution in [-0.4, -0.2) is 21.2 Å². The van der Waals surface area contributed by atoms with Gasteiger partial charge in [-0.25, -0.2) is 4.39 Å². The number of carboxylic acid groups (broad SMARTS) is 1. The van der Waals surface area contributed by atoms with Crippen molar-refractivity contribution in [2.45, 2.75) is 12.5 Å². The minimum absolute atomic E-state index is 0. The molecule has 1 heterocycles. The highest BCUT2D eigenvalue weighted by Crippen LogP contribution is 2.26. The maximum Gasteiger partial charge on any atom is 0.305 e. The number of hydrogen-bond donors (Lipinski definition) is 2. The number of nitrogens with two attached hydrogens (primary N) is 1. The molecule has 0 amide bonds. The molecule has 0 aliphatic carbocycles. The van der Waals surface area contributed by atoms with Crippen molar-refractivity contribution in [3.8, 4) is 11.4 Å². The summed E-state index contributed by atoms with van der Waals surface area (Å²) in [4.78, 5) is 14.4. The van der Waals surface area contributed by atoms with Crippen LogP contribution in [0.3, 0.4) is 0 Å².